The van der Waals surface area contributed by atoms with E-state index in [1.54, 1.807) is 6.07 Å². The molecular weight excluding hydrogens is 483 g/mol. The lowest BCUT2D eigenvalue weighted by Crippen LogP contribution is -2.61. The quantitative estimate of drug-likeness (QED) is 0.663. The highest BCUT2D eigenvalue weighted by atomic mass is 19.4. The number of halogens is 3. The maximum Gasteiger partial charge on any atom is 0.416 e. The van der Waals surface area contributed by atoms with Gasteiger partial charge in [0.2, 0.25) is 5.91 Å². The lowest BCUT2D eigenvalue weighted by molar-refractivity contribution is -0.137. The van der Waals surface area contributed by atoms with Crippen molar-refractivity contribution in [2.45, 2.75) is 18.6 Å². The monoisotopic (exact) mass is 513 g/mol. The third-order valence-corrected chi connectivity index (χ3v) is 7.57. The topological polar surface area (TPSA) is 71.8 Å². The molecule has 10 heteroatoms. The number of carbonyl (C=O) groups excluding carboxylic acids is 1. The van der Waals surface area contributed by atoms with Crippen LogP contribution in [0.4, 0.5) is 24.5 Å². The molecule has 0 aliphatic carbocycles. The molecule has 0 unspecified atom stereocenters. The van der Waals surface area contributed by atoms with Crippen LogP contribution in [0.25, 0.3) is 0 Å². The van der Waals surface area contributed by atoms with Gasteiger partial charge in [0.05, 0.1) is 42.0 Å². The molecule has 2 aromatic rings. The molecule has 2 atom stereocenters. The Kier molecular flexibility index (Phi) is 7.26. The Morgan fingerprint density at radius 1 is 1.08 bits per heavy atom. The first-order chi connectivity index (χ1) is 17.8. The van der Waals surface area contributed by atoms with E-state index in [0.29, 0.717) is 57.1 Å². The van der Waals surface area contributed by atoms with E-state index < -0.39 is 17.7 Å². The molecule has 5 rings (SSSR count). The third kappa shape index (κ3) is 5.38. The van der Waals surface area contributed by atoms with E-state index in [9.17, 15) is 23.2 Å². The molecule has 7 nitrogen and oxygen atoms in total. The van der Waals surface area contributed by atoms with Gasteiger partial charge in [0, 0.05) is 51.5 Å². The molecule has 0 aromatic heterocycles. The number of nitrogens with zero attached hydrogens (tertiary/aromatic N) is 4. The lowest BCUT2D eigenvalue weighted by Gasteiger charge is -2.50. The predicted octanol–water partition coefficient (Wildman–Crippen LogP) is 2.89. The van der Waals surface area contributed by atoms with E-state index in [-0.39, 0.29) is 18.4 Å². The Labute approximate surface area is 214 Å². The van der Waals surface area contributed by atoms with Crippen LogP contribution in [0.5, 0.6) is 0 Å². The Morgan fingerprint density at radius 3 is 2.62 bits per heavy atom. The first kappa shape index (κ1) is 25.4. The van der Waals surface area contributed by atoms with Crippen molar-refractivity contribution in [3.05, 3.63) is 59.2 Å². The molecular formula is C27H30F3N5O2. The minimum absolute atomic E-state index is 0.151. The van der Waals surface area contributed by atoms with E-state index >= 15 is 0 Å². The minimum atomic E-state index is -4.44. The van der Waals surface area contributed by atoms with Gasteiger partial charge >= 0.3 is 6.18 Å². The van der Waals surface area contributed by atoms with Crippen LogP contribution in [0.15, 0.2) is 42.5 Å². The van der Waals surface area contributed by atoms with Crippen molar-refractivity contribution in [3.8, 4) is 6.07 Å². The van der Waals surface area contributed by atoms with Crippen molar-refractivity contribution < 1.29 is 22.7 Å². The van der Waals surface area contributed by atoms with Crippen molar-refractivity contribution >= 4 is 17.3 Å². The fourth-order valence-electron chi connectivity index (χ4n) is 5.66. The number of ether oxygens (including phenoxy) is 1. The van der Waals surface area contributed by atoms with Crippen molar-refractivity contribution in [3.63, 3.8) is 0 Å². The summed E-state index contributed by atoms with van der Waals surface area (Å²) in [5, 5.41) is 12.6. The number of nitrogens with one attached hydrogen (secondary N) is 1. The molecule has 2 saturated heterocycles. The maximum absolute atomic E-state index is 13.5. The number of benzene rings is 2. The summed E-state index contributed by atoms with van der Waals surface area (Å²) in [4.78, 5) is 19.9. The van der Waals surface area contributed by atoms with Gasteiger partial charge in [-0.15, -0.1) is 0 Å². The maximum atomic E-state index is 13.5. The molecule has 3 aliphatic heterocycles. The second-order valence-corrected chi connectivity index (χ2v) is 9.73. The molecule has 1 N–H and O–H groups in total. The SMILES string of the molecule is N#Cc1ccccc1N1CCN2c3ccc(C(F)(F)F)cc3C[C@H](C(=O)NCCN3CCOCC3)[C@H]2C1. The molecule has 0 spiro atoms. The van der Waals surface area contributed by atoms with Gasteiger partial charge in [-0.1, -0.05) is 12.1 Å². The van der Waals surface area contributed by atoms with Gasteiger partial charge in [0.15, 0.2) is 0 Å². The number of morpholine rings is 1. The van der Waals surface area contributed by atoms with Crippen molar-refractivity contribution in [2.24, 2.45) is 5.92 Å². The fourth-order valence-corrected chi connectivity index (χ4v) is 5.66. The number of hydrogen-bond donors (Lipinski definition) is 1. The number of nitriles is 1. The Balaban J connectivity index is 1.39. The highest BCUT2D eigenvalue weighted by molar-refractivity contribution is 5.82. The second-order valence-electron chi connectivity index (χ2n) is 9.73. The van der Waals surface area contributed by atoms with E-state index in [2.05, 4.69) is 26.1 Å². The standard InChI is InChI=1S/C27H30F3N5O2/c28-27(29,30)21-5-6-24-20(15-21)16-22(26(36)32-7-8-33-11-13-37-14-12-33)25-18-34(9-10-35(24)25)23-4-2-1-3-19(23)17-31/h1-6,15,22,25H,7-14,16,18H2,(H,32,36)/t22-,25+/m0/s1. The Hall–Kier alpha value is -3.29. The normalized spacial score (nSPS) is 22.1. The number of alkyl halides is 3. The molecule has 0 saturated carbocycles. The van der Waals surface area contributed by atoms with Crippen LogP contribution >= 0.6 is 0 Å². The largest absolute Gasteiger partial charge is 0.416 e. The summed E-state index contributed by atoms with van der Waals surface area (Å²) in [5.41, 5.74) is 1.98. The van der Waals surface area contributed by atoms with Crippen LogP contribution in [-0.2, 0) is 22.1 Å². The van der Waals surface area contributed by atoms with Gasteiger partial charge < -0.3 is 19.9 Å². The van der Waals surface area contributed by atoms with E-state index in [1.807, 2.05) is 18.2 Å². The summed E-state index contributed by atoms with van der Waals surface area (Å²) < 4.78 is 45.8. The first-order valence-corrected chi connectivity index (χ1v) is 12.6. The zero-order valence-electron chi connectivity index (χ0n) is 20.5. The molecule has 3 aliphatic rings. The Bertz CT molecular complexity index is 1180. The Morgan fingerprint density at radius 2 is 1.86 bits per heavy atom. The zero-order valence-corrected chi connectivity index (χ0v) is 20.5. The van der Waals surface area contributed by atoms with Crippen molar-refractivity contribution in [2.75, 3.05) is 68.8 Å². The van der Waals surface area contributed by atoms with Gasteiger partial charge in [0.25, 0.3) is 0 Å². The third-order valence-electron chi connectivity index (χ3n) is 7.57. The number of para-hydroxylation sites is 1. The lowest BCUT2D eigenvalue weighted by atomic mass is 9.82. The zero-order chi connectivity index (χ0) is 26.0. The number of fused-ring (bicyclic) bond motifs is 3. The van der Waals surface area contributed by atoms with Crippen LogP contribution in [0.1, 0.15) is 16.7 Å². The van der Waals surface area contributed by atoms with Crippen LogP contribution in [0.2, 0.25) is 0 Å². The number of anilines is 2. The van der Waals surface area contributed by atoms with Gasteiger partial charge in [-0.2, -0.15) is 18.4 Å². The molecule has 37 heavy (non-hydrogen) atoms. The van der Waals surface area contributed by atoms with Crippen molar-refractivity contribution in [1.29, 1.82) is 5.26 Å². The summed E-state index contributed by atoms with van der Waals surface area (Å²) in [6.45, 7) is 5.79. The van der Waals surface area contributed by atoms with Crippen LogP contribution in [-0.4, -0.2) is 75.9 Å². The highest BCUT2D eigenvalue weighted by Gasteiger charge is 2.43. The van der Waals surface area contributed by atoms with E-state index in [4.69, 9.17) is 4.74 Å². The molecule has 0 radical (unpaired) electrons. The summed E-state index contributed by atoms with van der Waals surface area (Å²) in [7, 11) is 0. The van der Waals surface area contributed by atoms with Gasteiger partial charge in [0.1, 0.15) is 6.07 Å². The van der Waals surface area contributed by atoms with Crippen LogP contribution in [0, 0.1) is 17.2 Å². The summed E-state index contributed by atoms with van der Waals surface area (Å²) >= 11 is 0. The average Bonchev–Trinajstić information content (AvgIpc) is 2.92. The molecule has 2 fully saturated rings. The molecule has 0 bridgehead atoms. The summed E-state index contributed by atoms with van der Waals surface area (Å²) in [5.74, 6) is -0.667. The second kappa shape index (κ2) is 10.6. The molecule has 1 amide bonds. The smallest absolute Gasteiger partial charge is 0.379 e. The fraction of sp³-hybridized carbons (Fsp3) is 0.481. The number of rotatable bonds is 5. The van der Waals surface area contributed by atoms with Gasteiger partial charge in [-0.25, -0.2) is 0 Å². The molecule has 196 valence electrons. The minimum Gasteiger partial charge on any atom is -0.379 e. The van der Waals surface area contributed by atoms with E-state index in [0.717, 1.165) is 30.5 Å². The summed E-state index contributed by atoms with van der Waals surface area (Å²) in [6.07, 6.45) is -4.21. The van der Waals surface area contributed by atoms with Crippen LogP contribution in [0.3, 0.4) is 0 Å². The number of hydrogen-bond acceptors (Lipinski definition) is 6. The highest BCUT2D eigenvalue weighted by Crippen LogP contribution is 2.40. The van der Waals surface area contributed by atoms with E-state index in [1.165, 1.54) is 12.1 Å². The van der Waals surface area contributed by atoms with Gasteiger partial charge in [-0.05, 0) is 42.3 Å². The summed E-state index contributed by atoms with van der Waals surface area (Å²) in [6, 6.07) is 13.2. The van der Waals surface area contributed by atoms with Crippen molar-refractivity contribution in [1.82, 2.24) is 10.2 Å². The number of carbonyl (C=O) groups is 1. The average molecular weight is 514 g/mol. The molecule has 2 aromatic carbocycles. The first-order valence-electron chi connectivity index (χ1n) is 12.6. The number of piperazine rings is 1. The van der Waals surface area contributed by atoms with Crippen LogP contribution < -0.4 is 15.1 Å². The predicted molar refractivity (Wildman–Crippen MR) is 133 cm³/mol. The van der Waals surface area contributed by atoms with Gasteiger partial charge in [-0.3, -0.25) is 9.69 Å². The molecule has 3 heterocycles. The number of amides is 1.